The summed E-state index contributed by atoms with van der Waals surface area (Å²) in [6.45, 7) is 4.36. The monoisotopic (exact) mass is 206 g/mol. The zero-order valence-electron chi connectivity index (χ0n) is 9.49. The standard InChI is InChI=1S/C12H18N2O/c1-3-10-6-7-13-12(11(10)15-2)14-8-4-5-9-14/h6-7H,3-5,8-9H2,1-2H3. The van der Waals surface area contributed by atoms with Gasteiger partial charge in [-0.3, -0.25) is 0 Å². The Kier molecular flexibility index (Phi) is 3.09. The van der Waals surface area contributed by atoms with Crippen LogP contribution in [0.25, 0.3) is 0 Å². The van der Waals surface area contributed by atoms with Gasteiger partial charge in [0.2, 0.25) is 0 Å². The van der Waals surface area contributed by atoms with Crippen molar-refractivity contribution in [3.05, 3.63) is 17.8 Å². The third-order valence-electron chi connectivity index (χ3n) is 2.96. The number of anilines is 1. The second kappa shape index (κ2) is 4.51. The Balaban J connectivity index is 2.36. The molecule has 0 aliphatic carbocycles. The number of hydrogen-bond donors (Lipinski definition) is 0. The van der Waals surface area contributed by atoms with Gasteiger partial charge in [0.15, 0.2) is 11.6 Å². The van der Waals surface area contributed by atoms with Crippen LogP contribution in [0.4, 0.5) is 5.82 Å². The average Bonchev–Trinajstić information content (AvgIpc) is 2.81. The van der Waals surface area contributed by atoms with Gasteiger partial charge in [0.05, 0.1) is 7.11 Å². The van der Waals surface area contributed by atoms with Gasteiger partial charge < -0.3 is 9.64 Å². The van der Waals surface area contributed by atoms with E-state index in [4.69, 9.17) is 4.74 Å². The van der Waals surface area contributed by atoms with Crippen LogP contribution in [0.1, 0.15) is 25.3 Å². The molecule has 0 bridgehead atoms. The maximum absolute atomic E-state index is 5.48. The summed E-state index contributed by atoms with van der Waals surface area (Å²) in [5.74, 6) is 1.98. The number of pyridine rings is 1. The van der Waals surface area contributed by atoms with Gasteiger partial charge in [0, 0.05) is 19.3 Å². The van der Waals surface area contributed by atoms with E-state index in [9.17, 15) is 0 Å². The Morgan fingerprint density at radius 1 is 1.40 bits per heavy atom. The van der Waals surface area contributed by atoms with Crippen molar-refractivity contribution in [1.82, 2.24) is 4.98 Å². The molecule has 0 amide bonds. The molecule has 0 radical (unpaired) electrons. The minimum absolute atomic E-state index is 0.960. The molecule has 0 saturated carbocycles. The van der Waals surface area contributed by atoms with Crippen LogP contribution in [-0.2, 0) is 6.42 Å². The molecule has 1 aromatic heterocycles. The van der Waals surface area contributed by atoms with Crippen molar-refractivity contribution >= 4 is 5.82 Å². The summed E-state index contributed by atoms with van der Waals surface area (Å²) in [6, 6.07) is 2.04. The summed E-state index contributed by atoms with van der Waals surface area (Å²) in [5, 5.41) is 0. The summed E-state index contributed by atoms with van der Waals surface area (Å²) in [6.07, 6.45) is 5.41. The van der Waals surface area contributed by atoms with Gasteiger partial charge in [-0.2, -0.15) is 0 Å². The summed E-state index contributed by atoms with van der Waals surface area (Å²) < 4.78 is 5.48. The lowest BCUT2D eigenvalue weighted by atomic mass is 10.2. The van der Waals surface area contributed by atoms with E-state index in [0.29, 0.717) is 0 Å². The Morgan fingerprint density at radius 2 is 2.13 bits per heavy atom. The zero-order chi connectivity index (χ0) is 10.7. The molecular formula is C12H18N2O. The second-order valence-electron chi connectivity index (χ2n) is 3.87. The van der Waals surface area contributed by atoms with Crippen LogP contribution >= 0.6 is 0 Å². The van der Waals surface area contributed by atoms with Crippen molar-refractivity contribution in [1.29, 1.82) is 0 Å². The maximum Gasteiger partial charge on any atom is 0.171 e. The fourth-order valence-corrected chi connectivity index (χ4v) is 2.13. The van der Waals surface area contributed by atoms with E-state index >= 15 is 0 Å². The molecule has 0 atom stereocenters. The molecule has 0 aromatic carbocycles. The quantitative estimate of drug-likeness (QED) is 0.758. The number of hydrogen-bond acceptors (Lipinski definition) is 3. The van der Waals surface area contributed by atoms with Crippen LogP contribution in [0.5, 0.6) is 5.75 Å². The highest BCUT2D eigenvalue weighted by Gasteiger charge is 2.19. The van der Waals surface area contributed by atoms with Crippen LogP contribution in [0.3, 0.4) is 0 Å². The van der Waals surface area contributed by atoms with Gasteiger partial charge >= 0.3 is 0 Å². The first-order chi connectivity index (χ1) is 7.36. The largest absolute Gasteiger partial charge is 0.493 e. The Bertz CT molecular complexity index is 332. The molecule has 0 spiro atoms. The molecule has 82 valence electrons. The highest BCUT2D eigenvalue weighted by atomic mass is 16.5. The van der Waals surface area contributed by atoms with Crippen molar-refractivity contribution in [3.8, 4) is 5.75 Å². The van der Waals surface area contributed by atoms with Crippen molar-refractivity contribution in [2.45, 2.75) is 26.2 Å². The van der Waals surface area contributed by atoms with E-state index in [-0.39, 0.29) is 0 Å². The lowest BCUT2D eigenvalue weighted by Crippen LogP contribution is -2.20. The molecule has 1 fully saturated rings. The van der Waals surface area contributed by atoms with Crippen LogP contribution in [-0.4, -0.2) is 25.2 Å². The molecule has 3 nitrogen and oxygen atoms in total. The van der Waals surface area contributed by atoms with Crippen LogP contribution in [0.15, 0.2) is 12.3 Å². The Hall–Kier alpha value is -1.25. The van der Waals surface area contributed by atoms with Crippen LogP contribution < -0.4 is 9.64 Å². The summed E-state index contributed by atoms with van der Waals surface area (Å²) >= 11 is 0. The first-order valence-corrected chi connectivity index (χ1v) is 5.63. The normalized spacial score (nSPS) is 15.7. The molecule has 1 saturated heterocycles. The fraction of sp³-hybridized carbons (Fsp3) is 0.583. The number of ether oxygens (including phenoxy) is 1. The third-order valence-corrected chi connectivity index (χ3v) is 2.96. The fourth-order valence-electron chi connectivity index (χ4n) is 2.13. The van der Waals surface area contributed by atoms with Crippen LogP contribution in [0, 0.1) is 0 Å². The Morgan fingerprint density at radius 3 is 2.73 bits per heavy atom. The number of aryl methyl sites for hydroxylation is 1. The molecule has 1 aromatic rings. The lowest BCUT2D eigenvalue weighted by Gasteiger charge is -2.20. The number of aromatic nitrogens is 1. The highest BCUT2D eigenvalue weighted by Crippen LogP contribution is 2.31. The van der Waals surface area contributed by atoms with Crippen molar-refractivity contribution in [2.75, 3.05) is 25.1 Å². The predicted molar refractivity (Wildman–Crippen MR) is 61.6 cm³/mol. The lowest BCUT2D eigenvalue weighted by molar-refractivity contribution is 0.408. The molecule has 2 rings (SSSR count). The minimum atomic E-state index is 0.960. The second-order valence-corrected chi connectivity index (χ2v) is 3.87. The summed E-state index contributed by atoms with van der Waals surface area (Å²) in [5.41, 5.74) is 1.24. The van der Waals surface area contributed by atoms with E-state index < -0.39 is 0 Å². The summed E-state index contributed by atoms with van der Waals surface area (Å²) in [7, 11) is 1.73. The molecule has 15 heavy (non-hydrogen) atoms. The molecular weight excluding hydrogens is 188 g/mol. The van der Waals surface area contributed by atoms with Gasteiger partial charge in [-0.25, -0.2) is 4.98 Å². The maximum atomic E-state index is 5.48. The number of nitrogens with zero attached hydrogens (tertiary/aromatic N) is 2. The molecule has 2 heterocycles. The predicted octanol–water partition coefficient (Wildman–Crippen LogP) is 2.25. The topological polar surface area (TPSA) is 25.4 Å². The third kappa shape index (κ3) is 1.91. The molecule has 3 heteroatoms. The average molecular weight is 206 g/mol. The van der Waals surface area contributed by atoms with Crippen molar-refractivity contribution in [2.24, 2.45) is 0 Å². The Labute approximate surface area is 91.1 Å². The first kappa shape index (κ1) is 10.3. The highest BCUT2D eigenvalue weighted by molar-refractivity contribution is 5.56. The van der Waals surface area contributed by atoms with Crippen molar-refractivity contribution < 1.29 is 4.74 Å². The smallest absolute Gasteiger partial charge is 0.171 e. The molecule has 1 aliphatic heterocycles. The van der Waals surface area contributed by atoms with Gasteiger partial charge in [0.1, 0.15) is 0 Å². The molecule has 1 aliphatic rings. The van der Waals surface area contributed by atoms with E-state index in [1.165, 1.54) is 18.4 Å². The SMILES string of the molecule is CCc1ccnc(N2CCCC2)c1OC. The van der Waals surface area contributed by atoms with Crippen LogP contribution in [0.2, 0.25) is 0 Å². The van der Waals surface area contributed by atoms with Crippen molar-refractivity contribution in [3.63, 3.8) is 0 Å². The molecule has 0 unspecified atom stereocenters. The van der Waals surface area contributed by atoms with Gasteiger partial charge in [-0.15, -0.1) is 0 Å². The zero-order valence-corrected chi connectivity index (χ0v) is 9.49. The minimum Gasteiger partial charge on any atom is -0.493 e. The summed E-state index contributed by atoms with van der Waals surface area (Å²) in [4.78, 5) is 6.76. The van der Waals surface area contributed by atoms with E-state index in [0.717, 1.165) is 31.1 Å². The van der Waals surface area contributed by atoms with Gasteiger partial charge in [-0.1, -0.05) is 6.92 Å². The molecule has 0 N–H and O–H groups in total. The number of rotatable bonds is 3. The number of methoxy groups -OCH3 is 1. The van der Waals surface area contributed by atoms with E-state index in [2.05, 4.69) is 16.8 Å². The van der Waals surface area contributed by atoms with E-state index in [1.54, 1.807) is 7.11 Å². The first-order valence-electron chi connectivity index (χ1n) is 5.63. The van der Waals surface area contributed by atoms with E-state index in [1.807, 2.05) is 12.3 Å². The van der Waals surface area contributed by atoms with Gasteiger partial charge in [0.25, 0.3) is 0 Å². The van der Waals surface area contributed by atoms with Gasteiger partial charge in [-0.05, 0) is 30.9 Å².